The van der Waals surface area contributed by atoms with E-state index in [2.05, 4.69) is 15.6 Å². The Morgan fingerprint density at radius 1 is 1.04 bits per heavy atom. The number of aryl methyl sites for hydroxylation is 1. The average Bonchev–Trinajstić information content (AvgIpc) is 3.67. The van der Waals surface area contributed by atoms with Crippen LogP contribution in [0.15, 0.2) is 29.8 Å². The number of carboxylic acid groups (broad SMARTS) is 1. The average molecular weight is 748 g/mol. The zero-order valence-electron chi connectivity index (χ0n) is 29.2. The van der Waals surface area contributed by atoms with E-state index >= 15 is 0 Å². The first kappa shape index (κ1) is 43.5. The zero-order valence-corrected chi connectivity index (χ0v) is 30.0. The first-order valence-corrected chi connectivity index (χ1v) is 17.1. The summed E-state index contributed by atoms with van der Waals surface area (Å²) in [5.74, 6) is -3.97. The molecule has 286 valence electrons. The number of aromatic nitrogens is 1. The molecule has 1 aliphatic heterocycles. The smallest absolute Gasteiger partial charge is 0.475 e. The van der Waals surface area contributed by atoms with Crippen molar-refractivity contribution in [3.8, 4) is 10.4 Å². The van der Waals surface area contributed by atoms with Crippen molar-refractivity contribution in [2.75, 3.05) is 52.7 Å². The molecule has 3 amide bonds. The van der Waals surface area contributed by atoms with Gasteiger partial charge in [-0.2, -0.15) is 13.2 Å². The van der Waals surface area contributed by atoms with E-state index in [0.717, 1.165) is 21.7 Å². The number of alkyl halides is 3. The summed E-state index contributed by atoms with van der Waals surface area (Å²) in [6.07, 6.45) is -5.20. The number of aliphatic hydroxyl groups excluding tert-OH is 1. The standard InChI is InChI=1S/C31H47N5O7S.C2HF3O2/c1-21-27(44-20-34-21)23-8-6-22(7-9-23)17-33-29(39)25-16-24(37)18-36(25)30(40)28(31(2,3)4)35-26(38)19-43-12-5-11-41-14-15-42-13-10-32;3-2(4,5)1(6)7/h6-9,20,24-25,28,37H,5,10-19,32H2,1-4H3,(H,33,39)(H,35,38);(H,6,7)/t24-,25+,28-;/m1./s1. The van der Waals surface area contributed by atoms with Gasteiger partial charge in [0.15, 0.2) is 0 Å². The summed E-state index contributed by atoms with van der Waals surface area (Å²) in [6.45, 7) is 10.2. The van der Waals surface area contributed by atoms with E-state index in [9.17, 15) is 32.7 Å². The van der Waals surface area contributed by atoms with Gasteiger partial charge < -0.3 is 45.7 Å². The summed E-state index contributed by atoms with van der Waals surface area (Å²) in [4.78, 5) is 55.3. The molecule has 0 radical (unpaired) electrons. The van der Waals surface area contributed by atoms with Gasteiger partial charge in [-0.05, 0) is 29.9 Å². The van der Waals surface area contributed by atoms with Gasteiger partial charge in [-0.3, -0.25) is 14.4 Å². The molecular formula is C33H48F3N5O9S. The molecule has 1 aromatic carbocycles. The minimum atomic E-state index is -5.08. The molecule has 0 bridgehead atoms. The number of carbonyl (C=O) groups excluding carboxylic acids is 3. The third-order valence-electron chi connectivity index (χ3n) is 7.40. The van der Waals surface area contributed by atoms with Crippen molar-refractivity contribution >= 4 is 35.0 Å². The van der Waals surface area contributed by atoms with Crippen LogP contribution in [-0.2, 0) is 39.9 Å². The Morgan fingerprint density at radius 3 is 2.20 bits per heavy atom. The highest BCUT2D eigenvalue weighted by Gasteiger charge is 2.44. The van der Waals surface area contributed by atoms with Crippen LogP contribution < -0.4 is 16.4 Å². The topological polar surface area (TPSA) is 203 Å². The number of rotatable bonds is 17. The van der Waals surface area contributed by atoms with Gasteiger partial charge in [-0.25, -0.2) is 9.78 Å². The number of carbonyl (C=O) groups is 4. The highest BCUT2D eigenvalue weighted by molar-refractivity contribution is 7.13. The van der Waals surface area contributed by atoms with Crippen LogP contribution in [-0.4, -0.2) is 121 Å². The molecule has 3 atom stereocenters. The first-order chi connectivity index (χ1) is 23.9. The second kappa shape index (κ2) is 21.0. The predicted molar refractivity (Wildman–Crippen MR) is 181 cm³/mol. The number of likely N-dealkylation sites (tertiary alicyclic amines) is 1. The molecule has 1 fully saturated rings. The molecule has 1 saturated heterocycles. The molecule has 0 spiro atoms. The van der Waals surface area contributed by atoms with Crippen LogP contribution in [0.2, 0.25) is 0 Å². The van der Waals surface area contributed by atoms with Crippen LogP contribution in [0.25, 0.3) is 10.4 Å². The van der Waals surface area contributed by atoms with Crippen LogP contribution in [0.1, 0.15) is 44.9 Å². The third kappa shape index (κ3) is 15.2. The Bertz CT molecular complexity index is 1400. The molecule has 6 N–H and O–H groups in total. The van der Waals surface area contributed by atoms with E-state index in [-0.39, 0.29) is 32.0 Å². The molecule has 1 aliphatic rings. The van der Waals surface area contributed by atoms with E-state index < -0.39 is 47.6 Å². The molecule has 3 rings (SSSR count). The first-order valence-electron chi connectivity index (χ1n) is 16.2. The predicted octanol–water partition coefficient (Wildman–Crippen LogP) is 2.26. The van der Waals surface area contributed by atoms with Gasteiger partial charge in [0.25, 0.3) is 0 Å². The number of aliphatic hydroxyl groups is 1. The largest absolute Gasteiger partial charge is 0.490 e. The second-order valence-corrected chi connectivity index (χ2v) is 13.5. The van der Waals surface area contributed by atoms with Crippen molar-refractivity contribution in [2.24, 2.45) is 11.1 Å². The minimum Gasteiger partial charge on any atom is -0.475 e. The highest BCUT2D eigenvalue weighted by atomic mass is 32.1. The number of ether oxygens (including phenoxy) is 3. The van der Waals surface area contributed by atoms with Gasteiger partial charge in [0, 0.05) is 39.3 Å². The van der Waals surface area contributed by atoms with Crippen LogP contribution in [0.3, 0.4) is 0 Å². The fraction of sp³-hybridized carbons (Fsp3) is 0.606. The maximum Gasteiger partial charge on any atom is 0.490 e. The molecule has 14 nitrogen and oxygen atoms in total. The number of nitrogens with one attached hydrogen (secondary N) is 2. The molecular weight excluding hydrogens is 699 g/mol. The number of amides is 3. The summed E-state index contributed by atoms with van der Waals surface area (Å²) in [5.41, 5.74) is 9.46. The van der Waals surface area contributed by atoms with Crippen LogP contribution >= 0.6 is 11.3 Å². The van der Waals surface area contributed by atoms with Crippen molar-refractivity contribution < 1.29 is 56.8 Å². The van der Waals surface area contributed by atoms with Crippen molar-refractivity contribution in [1.82, 2.24) is 20.5 Å². The van der Waals surface area contributed by atoms with Crippen molar-refractivity contribution in [3.63, 3.8) is 0 Å². The van der Waals surface area contributed by atoms with Gasteiger partial charge in [-0.15, -0.1) is 11.3 Å². The lowest BCUT2D eigenvalue weighted by Crippen LogP contribution is -2.58. The molecule has 0 unspecified atom stereocenters. The zero-order chi connectivity index (χ0) is 38.2. The maximum atomic E-state index is 13.7. The molecule has 2 heterocycles. The van der Waals surface area contributed by atoms with Gasteiger partial charge in [0.2, 0.25) is 17.7 Å². The Kier molecular flexibility index (Phi) is 17.9. The molecule has 0 saturated carbocycles. The van der Waals surface area contributed by atoms with E-state index in [4.69, 9.17) is 29.8 Å². The molecule has 51 heavy (non-hydrogen) atoms. The van der Waals surface area contributed by atoms with E-state index in [1.807, 2.05) is 57.5 Å². The number of hydrogen-bond acceptors (Lipinski definition) is 11. The second-order valence-electron chi connectivity index (χ2n) is 12.7. The normalized spacial score (nSPS) is 16.6. The number of β-amino-alcohol motifs (C(OH)–C–C–N with tert-alkyl or cyclic N) is 1. The number of aliphatic carboxylic acids is 1. The van der Waals surface area contributed by atoms with E-state index in [0.29, 0.717) is 46.0 Å². The summed E-state index contributed by atoms with van der Waals surface area (Å²) in [6, 6.07) is 6.11. The Labute approximate surface area is 298 Å². The number of thiazole rings is 1. The summed E-state index contributed by atoms with van der Waals surface area (Å²) >= 11 is 1.58. The molecule has 0 aliphatic carbocycles. The lowest BCUT2D eigenvalue weighted by atomic mass is 9.85. The molecule has 2 aromatic rings. The number of nitrogens with zero attached hydrogens (tertiary/aromatic N) is 2. The quantitative estimate of drug-likeness (QED) is 0.149. The summed E-state index contributed by atoms with van der Waals surface area (Å²) in [7, 11) is 0. The fourth-order valence-electron chi connectivity index (χ4n) is 4.82. The Hall–Kier alpha value is -3.68. The van der Waals surface area contributed by atoms with Crippen molar-refractivity contribution in [2.45, 2.75) is 71.4 Å². The third-order valence-corrected chi connectivity index (χ3v) is 8.38. The van der Waals surface area contributed by atoms with Gasteiger partial charge >= 0.3 is 12.1 Å². The number of halogens is 3. The number of nitrogens with two attached hydrogens (primary N) is 1. The fourth-order valence-corrected chi connectivity index (χ4v) is 5.63. The van der Waals surface area contributed by atoms with Crippen LogP contribution in [0, 0.1) is 12.3 Å². The molecule has 18 heteroatoms. The van der Waals surface area contributed by atoms with Crippen molar-refractivity contribution in [1.29, 1.82) is 0 Å². The van der Waals surface area contributed by atoms with E-state index in [1.165, 1.54) is 4.90 Å². The lowest BCUT2D eigenvalue weighted by molar-refractivity contribution is -0.192. The maximum absolute atomic E-state index is 13.7. The lowest BCUT2D eigenvalue weighted by Gasteiger charge is -2.35. The van der Waals surface area contributed by atoms with Crippen LogP contribution in [0.4, 0.5) is 13.2 Å². The summed E-state index contributed by atoms with van der Waals surface area (Å²) < 4.78 is 47.9. The minimum absolute atomic E-state index is 0.00995. The van der Waals surface area contributed by atoms with E-state index in [1.54, 1.807) is 11.3 Å². The van der Waals surface area contributed by atoms with Crippen molar-refractivity contribution in [3.05, 3.63) is 41.0 Å². The Balaban J connectivity index is 0.00000116. The monoisotopic (exact) mass is 747 g/mol. The Morgan fingerprint density at radius 2 is 1.65 bits per heavy atom. The SMILES string of the molecule is Cc1ncsc1-c1ccc(CNC(=O)[C@@H]2C[C@@H](O)CN2C(=O)[C@@H](NC(=O)COCCCOCCOCCN)C(C)(C)C)cc1.O=C(O)C(F)(F)F. The van der Waals surface area contributed by atoms with Gasteiger partial charge in [-0.1, -0.05) is 45.0 Å². The number of carboxylic acids is 1. The van der Waals surface area contributed by atoms with Gasteiger partial charge in [0.05, 0.1) is 42.0 Å². The van der Waals surface area contributed by atoms with Crippen LogP contribution in [0.5, 0.6) is 0 Å². The highest BCUT2D eigenvalue weighted by Crippen LogP contribution is 2.28. The number of benzene rings is 1. The number of hydrogen-bond donors (Lipinski definition) is 5. The molecule has 1 aromatic heterocycles. The van der Waals surface area contributed by atoms with Gasteiger partial charge in [0.1, 0.15) is 18.7 Å². The summed E-state index contributed by atoms with van der Waals surface area (Å²) in [5, 5.41) is 23.2.